The van der Waals surface area contributed by atoms with Gasteiger partial charge in [-0.15, -0.1) is 0 Å². The van der Waals surface area contributed by atoms with E-state index in [0.717, 1.165) is 5.39 Å². The number of hydrogen-bond donors (Lipinski definition) is 1. The summed E-state index contributed by atoms with van der Waals surface area (Å²) in [6.45, 7) is 0. The van der Waals surface area contributed by atoms with Gasteiger partial charge in [-0.25, -0.2) is 0 Å². The fourth-order valence-electron chi connectivity index (χ4n) is 2.17. The van der Waals surface area contributed by atoms with Crippen LogP contribution in [0.15, 0.2) is 41.6 Å². The van der Waals surface area contributed by atoms with Gasteiger partial charge in [0, 0.05) is 38.9 Å². The first kappa shape index (κ1) is 12.7. The summed E-state index contributed by atoms with van der Waals surface area (Å²) < 4.78 is 0. The molecule has 0 unspecified atom stereocenters. The first-order valence-corrected chi connectivity index (χ1v) is 5.07. The molecule has 5 heteroatoms. The van der Waals surface area contributed by atoms with Gasteiger partial charge in [0.05, 0.1) is 0 Å². The molecule has 93 valence electrons. The summed E-state index contributed by atoms with van der Waals surface area (Å²) in [6.07, 6.45) is 0. The van der Waals surface area contributed by atoms with Crippen molar-refractivity contribution in [1.82, 2.24) is 0 Å². The van der Waals surface area contributed by atoms with Gasteiger partial charge in [-0.3, -0.25) is 9.59 Å². The van der Waals surface area contributed by atoms with E-state index in [1.807, 2.05) is 12.1 Å². The van der Waals surface area contributed by atoms with Gasteiger partial charge in [-0.2, -0.15) is 0 Å². The SMILES string of the molecule is O=C1C(=NO)C(=O)c2cccc3cccc1c23.[Ag]. The Labute approximate surface area is 118 Å². The van der Waals surface area contributed by atoms with Crippen molar-refractivity contribution in [2.45, 2.75) is 0 Å². The van der Waals surface area contributed by atoms with Crippen molar-refractivity contribution in [3.05, 3.63) is 47.5 Å². The Balaban J connectivity index is 0.00000120. The first-order chi connectivity index (χ1) is 8.24. The van der Waals surface area contributed by atoms with Gasteiger partial charge in [0.15, 0.2) is 5.71 Å². The maximum atomic E-state index is 11.9. The molecule has 1 aliphatic rings. The average molecular weight is 333 g/mol. The minimum absolute atomic E-state index is 0. The van der Waals surface area contributed by atoms with E-state index in [0.29, 0.717) is 16.5 Å². The van der Waals surface area contributed by atoms with E-state index in [4.69, 9.17) is 5.21 Å². The molecule has 0 saturated carbocycles. The second-order valence-electron chi connectivity index (χ2n) is 3.82. The van der Waals surface area contributed by atoms with Crippen molar-refractivity contribution in [1.29, 1.82) is 0 Å². The van der Waals surface area contributed by atoms with Crippen LogP contribution >= 0.6 is 0 Å². The van der Waals surface area contributed by atoms with Crippen LogP contribution in [0.3, 0.4) is 0 Å². The summed E-state index contributed by atoms with van der Waals surface area (Å²) in [6, 6.07) is 10.4. The smallest absolute Gasteiger partial charge is 0.219 e. The predicted octanol–water partition coefficient (Wildman–Crippen LogP) is 2.05. The summed E-state index contributed by atoms with van der Waals surface area (Å²) >= 11 is 0. The molecule has 0 aromatic heterocycles. The zero-order valence-electron chi connectivity index (χ0n) is 8.98. The van der Waals surface area contributed by atoms with Gasteiger partial charge in [0.2, 0.25) is 11.6 Å². The van der Waals surface area contributed by atoms with Crippen molar-refractivity contribution in [3.63, 3.8) is 0 Å². The number of oxime groups is 1. The van der Waals surface area contributed by atoms with Gasteiger partial charge in [0.1, 0.15) is 0 Å². The van der Waals surface area contributed by atoms with E-state index in [2.05, 4.69) is 5.16 Å². The molecule has 2 aromatic rings. The number of ketones is 2. The van der Waals surface area contributed by atoms with E-state index >= 15 is 0 Å². The zero-order valence-corrected chi connectivity index (χ0v) is 10.5. The van der Waals surface area contributed by atoms with Crippen LogP contribution in [0.25, 0.3) is 10.8 Å². The molecule has 0 saturated heterocycles. The topological polar surface area (TPSA) is 66.7 Å². The van der Waals surface area contributed by atoms with Gasteiger partial charge in [-0.05, 0) is 5.39 Å². The second-order valence-corrected chi connectivity index (χ2v) is 3.82. The van der Waals surface area contributed by atoms with Gasteiger partial charge in [0.25, 0.3) is 0 Å². The summed E-state index contributed by atoms with van der Waals surface area (Å²) in [4.78, 5) is 23.9. The maximum absolute atomic E-state index is 11.9. The van der Waals surface area contributed by atoms with Crippen molar-refractivity contribution >= 4 is 28.1 Å². The number of nitrogens with zero attached hydrogens (tertiary/aromatic N) is 1. The third-order valence-electron chi connectivity index (χ3n) is 2.92. The number of Topliss-reactive ketones (excluding diaryl/α,β-unsaturated/α-hetero) is 2. The molecule has 1 N–H and O–H groups in total. The standard InChI is InChI=1S/C13H7NO3.Ag/c15-12-8-5-1-3-7-4-2-6-9(10(7)8)13(16)11(12)14-17;/h1-6,17H;. The average Bonchev–Trinajstić information content (AvgIpc) is 2.36. The zero-order chi connectivity index (χ0) is 12.0. The van der Waals surface area contributed by atoms with Crippen molar-refractivity contribution in [2.75, 3.05) is 0 Å². The third-order valence-corrected chi connectivity index (χ3v) is 2.92. The molecule has 0 bridgehead atoms. The van der Waals surface area contributed by atoms with E-state index in [-0.39, 0.29) is 22.4 Å². The Bertz CT molecular complexity index is 654. The Morgan fingerprint density at radius 3 is 1.83 bits per heavy atom. The van der Waals surface area contributed by atoms with E-state index in [1.54, 1.807) is 24.3 Å². The van der Waals surface area contributed by atoms with Crippen LogP contribution < -0.4 is 0 Å². The van der Waals surface area contributed by atoms with Crippen molar-refractivity contribution in [2.24, 2.45) is 5.16 Å². The van der Waals surface area contributed by atoms with Crippen molar-refractivity contribution in [3.8, 4) is 0 Å². The van der Waals surface area contributed by atoms with E-state index < -0.39 is 17.3 Å². The minimum atomic E-state index is -0.526. The van der Waals surface area contributed by atoms with Crippen LogP contribution in [-0.2, 0) is 22.4 Å². The molecule has 18 heavy (non-hydrogen) atoms. The van der Waals surface area contributed by atoms with Crippen LogP contribution in [0, 0.1) is 0 Å². The maximum Gasteiger partial charge on any atom is 0.219 e. The fourth-order valence-corrected chi connectivity index (χ4v) is 2.17. The Kier molecular flexibility index (Phi) is 3.17. The number of rotatable bonds is 0. The third kappa shape index (κ3) is 1.54. The van der Waals surface area contributed by atoms with Gasteiger partial charge >= 0.3 is 0 Å². The quantitative estimate of drug-likeness (QED) is 0.456. The normalized spacial score (nSPS) is 13.4. The summed E-state index contributed by atoms with van der Waals surface area (Å²) in [5.41, 5.74) is 0.396. The molecule has 0 aliphatic heterocycles. The summed E-state index contributed by atoms with van der Waals surface area (Å²) in [5.74, 6) is -1.05. The number of hydrogen-bond acceptors (Lipinski definition) is 4. The molecule has 4 nitrogen and oxygen atoms in total. The molecule has 0 heterocycles. The molecule has 0 atom stereocenters. The van der Waals surface area contributed by atoms with Gasteiger partial charge in [-0.1, -0.05) is 41.6 Å². The minimum Gasteiger partial charge on any atom is -0.410 e. The predicted molar refractivity (Wildman–Crippen MR) is 61.8 cm³/mol. The molecule has 1 aliphatic carbocycles. The molecule has 0 spiro atoms. The first-order valence-electron chi connectivity index (χ1n) is 5.07. The molecule has 1 radical (unpaired) electrons. The van der Waals surface area contributed by atoms with Crippen LogP contribution in [0.4, 0.5) is 0 Å². The summed E-state index contributed by atoms with van der Waals surface area (Å²) in [5, 5.41) is 13.0. The molecular weight excluding hydrogens is 326 g/mol. The molecule has 0 fully saturated rings. The molecular formula is C13H7AgNO3. The van der Waals surface area contributed by atoms with Crippen molar-refractivity contribution < 1.29 is 37.2 Å². The Morgan fingerprint density at radius 2 is 1.39 bits per heavy atom. The number of carbonyl (C=O) groups excluding carboxylic acids is 2. The Morgan fingerprint density at radius 1 is 0.889 bits per heavy atom. The molecule has 0 amide bonds. The number of carbonyl (C=O) groups is 2. The van der Waals surface area contributed by atoms with Crippen LogP contribution in [0.5, 0.6) is 0 Å². The second kappa shape index (κ2) is 4.49. The largest absolute Gasteiger partial charge is 0.410 e. The molecule has 3 rings (SSSR count). The summed E-state index contributed by atoms with van der Waals surface area (Å²) in [7, 11) is 0. The Hall–Kier alpha value is -1.75. The molecule has 2 aromatic carbocycles. The van der Waals surface area contributed by atoms with E-state index in [9.17, 15) is 9.59 Å². The van der Waals surface area contributed by atoms with Gasteiger partial charge < -0.3 is 5.21 Å². The fraction of sp³-hybridized carbons (Fsp3) is 0. The number of benzene rings is 2. The van der Waals surface area contributed by atoms with E-state index in [1.165, 1.54) is 0 Å². The van der Waals surface area contributed by atoms with Crippen LogP contribution in [0.1, 0.15) is 20.7 Å². The van der Waals surface area contributed by atoms with Crippen LogP contribution in [-0.4, -0.2) is 22.5 Å². The van der Waals surface area contributed by atoms with Crippen LogP contribution in [0.2, 0.25) is 0 Å². The monoisotopic (exact) mass is 332 g/mol.